The first-order chi connectivity index (χ1) is 10.0. The maximum absolute atomic E-state index is 7.92. The van der Waals surface area contributed by atoms with Gasteiger partial charge >= 0.3 is 0 Å². The third-order valence-electron chi connectivity index (χ3n) is 2.47. The zero-order valence-electron chi connectivity index (χ0n) is 13.6. The molecule has 1 aromatic carbocycles. The molecule has 1 rings (SSSR count). The minimum Gasteiger partial charge on any atom is -0.462 e. The van der Waals surface area contributed by atoms with E-state index in [1.807, 2.05) is 52.8 Å². The molecule has 0 saturated carbocycles. The second kappa shape index (κ2) is 10.5. The van der Waals surface area contributed by atoms with Crippen molar-refractivity contribution in [2.45, 2.75) is 34.6 Å². The zero-order valence-corrected chi connectivity index (χ0v) is 13.6. The van der Waals surface area contributed by atoms with E-state index in [9.17, 15) is 0 Å². The van der Waals surface area contributed by atoms with Crippen molar-refractivity contribution in [3.8, 4) is 5.75 Å². The monoisotopic (exact) mass is 286 g/mol. The summed E-state index contributed by atoms with van der Waals surface area (Å²) in [6.07, 6.45) is 7.44. The standard InChI is InChI=1S/C16H20N2O.C2H6/c1-4-5-6-12(2)16(18)11-13(3)19-15-9-7-14(17)8-10-15;1-2/h4-11,18H,17H2,1-3H3;1-2H3/b5-4-,12-6+,13-11+,18-16?;. The van der Waals surface area contributed by atoms with Gasteiger partial charge in [-0.05, 0) is 50.6 Å². The zero-order chi connectivity index (χ0) is 16.3. The highest BCUT2D eigenvalue weighted by Gasteiger charge is 1.99. The maximum Gasteiger partial charge on any atom is 0.127 e. The average molecular weight is 286 g/mol. The van der Waals surface area contributed by atoms with Gasteiger partial charge in [-0.25, -0.2) is 0 Å². The fraction of sp³-hybridized carbons (Fsp3) is 0.278. The lowest BCUT2D eigenvalue weighted by Gasteiger charge is -2.06. The van der Waals surface area contributed by atoms with Crippen molar-refractivity contribution in [2.24, 2.45) is 0 Å². The molecule has 0 aromatic heterocycles. The van der Waals surface area contributed by atoms with Gasteiger partial charge in [0.25, 0.3) is 0 Å². The third kappa shape index (κ3) is 7.78. The molecule has 1 aromatic rings. The van der Waals surface area contributed by atoms with E-state index < -0.39 is 0 Å². The number of hydrogen-bond donors (Lipinski definition) is 2. The van der Waals surface area contributed by atoms with Gasteiger partial charge in [0.15, 0.2) is 0 Å². The minimum atomic E-state index is 0.436. The van der Waals surface area contributed by atoms with Crippen molar-refractivity contribution in [2.75, 3.05) is 5.73 Å². The quantitative estimate of drug-likeness (QED) is 0.341. The largest absolute Gasteiger partial charge is 0.462 e. The summed E-state index contributed by atoms with van der Waals surface area (Å²) < 4.78 is 5.61. The molecular formula is C18H26N2O. The van der Waals surface area contributed by atoms with Crippen LogP contribution in [-0.2, 0) is 0 Å². The number of hydrogen-bond acceptors (Lipinski definition) is 3. The highest BCUT2D eigenvalue weighted by Crippen LogP contribution is 2.16. The Morgan fingerprint density at radius 2 is 1.71 bits per heavy atom. The van der Waals surface area contributed by atoms with Crippen LogP contribution in [0.1, 0.15) is 34.6 Å². The molecule has 0 aliphatic rings. The number of allylic oxidation sites excluding steroid dienone is 6. The Kier molecular flexibility index (Phi) is 9.35. The van der Waals surface area contributed by atoms with Crippen molar-refractivity contribution >= 4 is 11.4 Å². The predicted octanol–water partition coefficient (Wildman–Crippen LogP) is 5.12. The number of nitrogens with one attached hydrogen (secondary N) is 1. The van der Waals surface area contributed by atoms with Gasteiger partial charge in [0, 0.05) is 11.8 Å². The summed E-state index contributed by atoms with van der Waals surface area (Å²) in [6, 6.07) is 7.17. The Hall–Kier alpha value is -2.29. The minimum absolute atomic E-state index is 0.436. The van der Waals surface area contributed by atoms with Crippen LogP contribution >= 0.6 is 0 Å². The normalized spacial score (nSPS) is 11.9. The first-order valence-corrected chi connectivity index (χ1v) is 7.13. The molecule has 0 bridgehead atoms. The molecule has 0 aliphatic heterocycles. The molecular weight excluding hydrogens is 260 g/mol. The first-order valence-electron chi connectivity index (χ1n) is 7.13. The predicted molar refractivity (Wildman–Crippen MR) is 92.9 cm³/mol. The molecule has 0 atom stereocenters. The van der Waals surface area contributed by atoms with Crippen LogP contribution in [0.25, 0.3) is 0 Å². The molecule has 3 N–H and O–H groups in total. The van der Waals surface area contributed by atoms with Gasteiger partial charge in [-0.3, -0.25) is 0 Å². The van der Waals surface area contributed by atoms with E-state index in [0.717, 1.165) is 5.57 Å². The lowest BCUT2D eigenvalue weighted by atomic mass is 10.1. The Bertz CT molecular complexity index is 523. The number of nitrogen functional groups attached to an aromatic ring is 1. The van der Waals surface area contributed by atoms with Crippen molar-refractivity contribution in [3.05, 3.63) is 59.9 Å². The summed E-state index contributed by atoms with van der Waals surface area (Å²) >= 11 is 0. The second-order valence-corrected chi connectivity index (χ2v) is 4.22. The van der Waals surface area contributed by atoms with Crippen LogP contribution in [0.15, 0.2) is 59.9 Å². The summed E-state index contributed by atoms with van der Waals surface area (Å²) in [5.41, 5.74) is 7.63. The molecule has 3 nitrogen and oxygen atoms in total. The van der Waals surface area contributed by atoms with Gasteiger partial charge < -0.3 is 15.9 Å². The third-order valence-corrected chi connectivity index (χ3v) is 2.47. The van der Waals surface area contributed by atoms with Crippen LogP contribution in [-0.4, -0.2) is 5.71 Å². The van der Waals surface area contributed by atoms with Crippen molar-refractivity contribution < 1.29 is 4.74 Å². The molecule has 0 amide bonds. The summed E-state index contributed by atoms with van der Waals surface area (Å²) in [5, 5.41) is 7.92. The lowest BCUT2D eigenvalue weighted by molar-refractivity contribution is 0.429. The van der Waals surface area contributed by atoms with E-state index in [1.165, 1.54) is 0 Å². The van der Waals surface area contributed by atoms with Gasteiger partial charge in [0.05, 0.1) is 5.71 Å². The van der Waals surface area contributed by atoms with E-state index in [-0.39, 0.29) is 0 Å². The highest BCUT2D eigenvalue weighted by atomic mass is 16.5. The van der Waals surface area contributed by atoms with Crippen LogP contribution in [0.3, 0.4) is 0 Å². The molecule has 0 unspecified atom stereocenters. The van der Waals surface area contributed by atoms with Gasteiger partial charge in [-0.2, -0.15) is 0 Å². The summed E-state index contributed by atoms with van der Waals surface area (Å²) in [5.74, 6) is 1.38. The molecule has 21 heavy (non-hydrogen) atoms. The fourth-order valence-corrected chi connectivity index (χ4v) is 1.40. The Labute approximate surface area is 128 Å². The average Bonchev–Trinajstić information content (AvgIpc) is 2.49. The van der Waals surface area contributed by atoms with Gasteiger partial charge in [-0.1, -0.05) is 32.1 Å². The Balaban J connectivity index is 0.00000191. The number of benzene rings is 1. The molecule has 0 spiro atoms. The number of nitrogens with two attached hydrogens (primary N) is 1. The van der Waals surface area contributed by atoms with E-state index in [2.05, 4.69) is 0 Å². The van der Waals surface area contributed by atoms with Crippen molar-refractivity contribution in [1.82, 2.24) is 0 Å². The van der Waals surface area contributed by atoms with E-state index in [1.54, 1.807) is 30.3 Å². The van der Waals surface area contributed by atoms with Crippen LogP contribution in [0.2, 0.25) is 0 Å². The summed E-state index contributed by atoms with van der Waals surface area (Å²) in [6.45, 7) is 9.67. The van der Waals surface area contributed by atoms with Gasteiger partial charge in [0.1, 0.15) is 11.5 Å². The van der Waals surface area contributed by atoms with E-state index >= 15 is 0 Å². The topological polar surface area (TPSA) is 59.1 Å². The van der Waals surface area contributed by atoms with Gasteiger partial charge in [-0.15, -0.1) is 0 Å². The molecule has 0 saturated heterocycles. The Morgan fingerprint density at radius 3 is 2.24 bits per heavy atom. The van der Waals surface area contributed by atoms with Crippen molar-refractivity contribution in [1.29, 1.82) is 5.41 Å². The summed E-state index contributed by atoms with van der Waals surface area (Å²) in [4.78, 5) is 0. The van der Waals surface area contributed by atoms with E-state index in [4.69, 9.17) is 15.9 Å². The number of ether oxygens (including phenoxy) is 1. The molecule has 3 heteroatoms. The second-order valence-electron chi connectivity index (χ2n) is 4.22. The van der Waals surface area contributed by atoms with Crippen LogP contribution < -0.4 is 10.5 Å². The SMILES string of the molecule is C/C=C\C=C(/C)C(=N)/C=C(\C)Oc1ccc(N)cc1.CC. The summed E-state index contributed by atoms with van der Waals surface area (Å²) in [7, 11) is 0. The van der Waals surface area contributed by atoms with Crippen LogP contribution in [0.4, 0.5) is 5.69 Å². The molecule has 114 valence electrons. The number of anilines is 1. The highest BCUT2D eigenvalue weighted by molar-refractivity contribution is 6.06. The smallest absolute Gasteiger partial charge is 0.127 e. The first kappa shape index (κ1) is 18.7. The van der Waals surface area contributed by atoms with Crippen LogP contribution in [0, 0.1) is 5.41 Å². The lowest BCUT2D eigenvalue weighted by Crippen LogP contribution is -1.99. The molecule has 0 radical (unpaired) electrons. The van der Waals surface area contributed by atoms with Crippen LogP contribution in [0.5, 0.6) is 5.75 Å². The van der Waals surface area contributed by atoms with Crippen molar-refractivity contribution in [3.63, 3.8) is 0 Å². The van der Waals surface area contributed by atoms with Gasteiger partial charge in [0.2, 0.25) is 0 Å². The number of rotatable bonds is 5. The molecule has 0 aliphatic carbocycles. The molecule has 0 fully saturated rings. The molecule has 0 heterocycles. The Morgan fingerprint density at radius 1 is 1.14 bits per heavy atom. The maximum atomic E-state index is 7.92. The van der Waals surface area contributed by atoms with E-state index in [0.29, 0.717) is 22.9 Å². The fourth-order valence-electron chi connectivity index (χ4n) is 1.40.